The Labute approximate surface area is 208 Å². The van der Waals surface area contributed by atoms with E-state index in [0.717, 1.165) is 36.2 Å². The van der Waals surface area contributed by atoms with Crippen LogP contribution in [0.3, 0.4) is 0 Å². The molecule has 0 heterocycles. The van der Waals surface area contributed by atoms with Gasteiger partial charge < -0.3 is 10.2 Å². The average molecular weight is 475 g/mol. The van der Waals surface area contributed by atoms with Crippen molar-refractivity contribution in [3.05, 3.63) is 83.2 Å². The number of nitrogens with one attached hydrogen (secondary N) is 1. The van der Waals surface area contributed by atoms with Gasteiger partial charge in [-0.15, -0.1) is 0 Å². The number of amides is 1. The quantitative estimate of drug-likeness (QED) is 0.325. The summed E-state index contributed by atoms with van der Waals surface area (Å²) in [4.78, 5) is 27.0. The summed E-state index contributed by atoms with van der Waals surface area (Å²) in [5, 5.41) is 3.10. The van der Waals surface area contributed by atoms with Gasteiger partial charge >= 0.3 is 0 Å². The molecule has 3 rings (SSSR count). The average Bonchev–Trinajstić information content (AvgIpc) is 2.79. The first-order valence-corrected chi connectivity index (χ1v) is 12.2. The molecule has 3 aromatic rings. The minimum absolute atomic E-state index is 0.129. The Hall–Kier alpha value is -3.47. The molecule has 0 atom stereocenters. The normalized spacial score (nSPS) is 11.1. The van der Waals surface area contributed by atoms with Crippen molar-refractivity contribution in [1.29, 1.82) is 0 Å². The van der Waals surface area contributed by atoms with E-state index in [0.29, 0.717) is 34.2 Å². The summed E-state index contributed by atoms with van der Waals surface area (Å²) in [5.41, 5.74) is 5.22. The van der Waals surface area contributed by atoms with Gasteiger partial charge in [-0.1, -0.05) is 63.6 Å². The van der Waals surface area contributed by atoms with Gasteiger partial charge in [0, 0.05) is 18.7 Å². The molecule has 35 heavy (non-hydrogen) atoms. The van der Waals surface area contributed by atoms with Crippen molar-refractivity contribution in [2.75, 3.05) is 23.3 Å². The molecule has 0 spiro atoms. The van der Waals surface area contributed by atoms with Crippen molar-refractivity contribution in [2.45, 2.75) is 41.0 Å². The van der Waals surface area contributed by atoms with E-state index < -0.39 is 5.82 Å². The fourth-order valence-electron chi connectivity index (χ4n) is 4.20. The van der Waals surface area contributed by atoms with Crippen molar-refractivity contribution in [3.63, 3.8) is 0 Å². The van der Waals surface area contributed by atoms with Crippen LogP contribution in [0.4, 0.5) is 15.8 Å². The predicted molar refractivity (Wildman–Crippen MR) is 143 cm³/mol. The van der Waals surface area contributed by atoms with Gasteiger partial charge in [0.2, 0.25) is 5.91 Å². The maximum Gasteiger partial charge on any atom is 0.228 e. The van der Waals surface area contributed by atoms with Crippen molar-refractivity contribution in [2.24, 2.45) is 11.8 Å². The molecule has 0 aromatic heterocycles. The zero-order valence-electron chi connectivity index (χ0n) is 21.3. The number of nitrogens with zero attached hydrogens (tertiary/aromatic N) is 1. The number of anilines is 2. The van der Waals surface area contributed by atoms with Crippen LogP contribution in [0.5, 0.6) is 0 Å². The summed E-state index contributed by atoms with van der Waals surface area (Å²) in [6.45, 7) is 12.3. The number of halogens is 1. The van der Waals surface area contributed by atoms with Crippen LogP contribution in [-0.4, -0.2) is 25.3 Å². The zero-order chi connectivity index (χ0) is 25.5. The Morgan fingerprint density at radius 1 is 0.943 bits per heavy atom. The van der Waals surface area contributed by atoms with Crippen LogP contribution in [-0.2, 0) is 11.2 Å². The van der Waals surface area contributed by atoms with Crippen LogP contribution in [0.25, 0.3) is 11.1 Å². The second-order valence-electron chi connectivity index (χ2n) is 9.98. The van der Waals surface area contributed by atoms with Crippen LogP contribution in [0, 0.1) is 24.6 Å². The predicted octanol–water partition coefficient (Wildman–Crippen LogP) is 6.91. The van der Waals surface area contributed by atoms with E-state index in [1.165, 1.54) is 18.2 Å². The number of rotatable bonds is 10. The van der Waals surface area contributed by atoms with Crippen LogP contribution in [0.15, 0.2) is 60.7 Å². The summed E-state index contributed by atoms with van der Waals surface area (Å²) < 4.78 is 14.1. The highest BCUT2D eigenvalue weighted by Gasteiger charge is 2.18. The van der Waals surface area contributed by atoms with Crippen LogP contribution < -0.4 is 10.2 Å². The Morgan fingerprint density at radius 2 is 1.60 bits per heavy atom. The molecular formula is C30H35FN2O2. The molecule has 0 aliphatic rings. The summed E-state index contributed by atoms with van der Waals surface area (Å²) in [5.74, 6) is 0.306. The van der Waals surface area contributed by atoms with E-state index >= 15 is 0 Å². The second kappa shape index (κ2) is 11.8. The number of hydrogen-bond acceptors (Lipinski definition) is 3. The molecule has 4 nitrogen and oxygen atoms in total. The smallest absolute Gasteiger partial charge is 0.228 e. The lowest BCUT2D eigenvalue weighted by Gasteiger charge is -2.31. The van der Waals surface area contributed by atoms with E-state index in [4.69, 9.17) is 0 Å². The molecule has 0 bridgehead atoms. The van der Waals surface area contributed by atoms with Gasteiger partial charge in [0.05, 0.1) is 17.8 Å². The third kappa shape index (κ3) is 7.25. The molecular weight excluding hydrogens is 439 g/mol. The van der Waals surface area contributed by atoms with E-state index in [2.05, 4.69) is 37.9 Å². The Balaban J connectivity index is 2.04. The van der Waals surface area contributed by atoms with Gasteiger partial charge in [-0.25, -0.2) is 4.39 Å². The van der Waals surface area contributed by atoms with Crippen molar-refractivity contribution >= 4 is 23.6 Å². The molecule has 1 amide bonds. The minimum Gasteiger partial charge on any atom is -0.369 e. The highest BCUT2D eigenvalue weighted by molar-refractivity contribution is 5.97. The number of carbonyl (C=O) groups is 2. The molecule has 0 fully saturated rings. The fourth-order valence-corrected chi connectivity index (χ4v) is 4.20. The summed E-state index contributed by atoms with van der Waals surface area (Å²) in [7, 11) is 0. The molecule has 3 aromatic carbocycles. The highest BCUT2D eigenvalue weighted by Crippen LogP contribution is 2.34. The largest absolute Gasteiger partial charge is 0.369 e. The van der Waals surface area contributed by atoms with Crippen molar-refractivity contribution in [1.82, 2.24) is 0 Å². The molecule has 0 aliphatic carbocycles. The van der Waals surface area contributed by atoms with Crippen LogP contribution in [0.2, 0.25) is 0 Å². The van der Waals surface area contributed by atoms with Crippen LogP contribution >= 0.6 is 0 Å². The number of carbonyl (C=O) groups excluding carboxylic acids is 2. The van der Waals surface area contributed by atoms with Crippen molar-refractivity contribution in [3.8, 4) is 11.1 Å². The summed E-state index contributed by atoms with van der Waals surface area (Å²) in [6.07, 6.45) is 0.972. The first-order valence-electron chi connectivity index (χ1n) is 12.2. The highest BCUT2D eigenvalue weighted by atomic mass is 19.1. The fraction of sp³-hybridized carbons (Fsp3) is 0.333. The summed E-state index contributed by atoms with van der Waals surface area (Å²) in [6, 6.07) is 17.7. The van der Waals surface area contributed by atoms with Crippen molar-refractivity contribution < 1.29 is 14.0 Å². The van der Waals surface area contributed by atoms with Gasteiger partial charge in [0.25, 0.3) is 0 Å². The lowest BCUT2D eigenvalue weighted by Crippen LogP contribution is -2.32. The Bertz CT molecular complexity index is 1160. The van der Waals surface area contributed by atoms with E-state index in [9.17, 15) is 14.0 Å². The molecule has 0 aliphatic heterocycles. The Kier molecular flexibility index (Phi) is 8.80. The molecule has 0 unspecified atom stereocenters. The topological polar surface area (TPSA) is 49.4 Å². The van der Waals surface area contributed by atoms with Gasteiger partial charge in [-0.05, 0) is 65.8 Å². The maximum atomic E-state index is 14.1. The number of aldehydes is 1. The van der Waals surface area contributed by atoms with E-state index in [1.807, 2.05) is 49.4 Å². The van der Waals surface area contributed by atoms with Gasteiger partial charge in [0.1, 0.15) is 5.82 Å². The second-order valence-corrected chi connectivity index (χ2v) is 9.98. The van der Waals surface area contributed by atoms with Gasteiger partial charge in [-0.2, -0.15) is 0 Å². The SMILES string of the molecule is Cc1ccc(CC(=O)Nc2cc(-c3cc(F)ccc3C=O)ccc2N(CC(C)C)CC(C)C)cc1. The standard InChI is InChI=1S/C30H35FN2O2/c1-20(2)17-33(18-21(3)4)29-13-11-24(27-16-26(31)12-10-25(27)19-34)15-28(29)32-30(35)14-23-8-6-22(5)7-9-23/h6-13,15-16,19-21H,14,17-18H2,1-5H3,(H,32,35). The number of benzene rings is 3. The maximum absolute atomic E-state index is 14.1. The zero-order valence-corrected chi connectivity index (χ0v) is 21.3. The summed E-state index contributed by atoms with van der Waals surface area (Å²) >= 11 is 0. The minimum atomic E-state index is -0.416. The first kappa shape index (κ1) is 26.1. The lowest BCUT2D eigenvalue weighted by molar-refractivity contribution is -0.115. The lowest BCUT2D eigenvalue weighted by atomic mass is 9.98. The third-order valence-corrected chi connectivity index (χ3v) is 5.72. The number of aryl methyl sites for hydroxylation is 1. The molecule has 0 saturated heterocycles. The number of hydrogen-bond donors (Lipinski definition) is 1. The molecule has 0 saturated carbocycles. The monoisotopic (exact) mass is 474 g/mol. The molecule has 184 valence electrons. The third-order valence-electron chi connectivity index (χ3n) is 5.72. The van der Waals surface area contributed by atoms with E-state index in [-0.39, 0.29) is 12.3 Å². The first-order chi connectivity index (χ1) is 16.7. The molecule has 5 heteroatoms. The molecule has 0 radical (unpaired) electrons. The molecule has 1 N–H and O–H groups in total. The van der Waals surface area contributed by atoms with Gasteiger partial charge in [-0.3, -0.25) is 9.59 Å². The Morgan fingerprint density at radius 3 is 2.20 bits per heavy atom. The van der Waals surface area contributed by atoms with Gasteiger partial charge in [0.15, 0.2) is 6.29 Å². The van der Waals surface area contributed by atoms with Crippen LogP contribution in [0.1, 0.15) is 49.2 Å². The van der Waals surface area contributed by atoms with E-state index in [1.54, 1.807) is 0 Å².